The van der Waals surface area contributed by atoms with Gasteiger partial charge in [-0.05, 0) is 18.2 Å². The summed E-state index contributed by atoms with van der Waals surface area (Å²) in [5.41, 5.74) is 1.42. The van der Waals surface area contributed by atoms with Crippen LogP contribution in [-0.2, 0) is 0 Å². The summed E-state index contributed by atoms with van der Waals surface area (Å²) >= 11 is 0. The first-order valence-electron chi connectivity index (χ1n) is 4.44. The SMILES string of the molecule is O=Cc1ccc2c(c1)NC[C@H](CO)O2. The maximum Gasteiger partial charge on any atom is 0.150 e. The molecule has 0 aliphatic carbocycles. The van der Waals surface area contributed by atoms with Crippen LogP contribution in [0.4, 0.5) is 5.69 Å². The van der Waals surface area contributed by atoms with E-state index >= 15 is 0 Å². The minimum atomic E-state index is -0.204. The summed E-state index contributed by atoms with van der Waals surface area (Å²) in [6.45, 7) is 0.549. The van der Waals surface area contributed by atoms with E-state index in [-0.39, 0.29) is 12.7 Å². The lowest BCUT2D eigenvalue weighted by Gasteiger charge is -2.26. The third kappa shape index (κ3) is 1.56. The Balaban J connectivity index is 2.27. The maximum atomic E-state index is 10.5. The molecule has 1 atom stereocenters. The van der Waals surface area contributed by atoms with Crippen LogP contribution in [-0.4, -0.2) is 30.6 Å². The molecule has 0 amide bonds. The van der Waals surface area contributed by atoms with Crippen molar-refractivity contribution in [1.82, 2.24) is 0 Å². The summed E-state index contributed by atoms with van der Waals surface area (Å²) in [5, 5.41) is 12.0. The molecule has 4 nitrogen and oxygen atoms in total. The van der Waals surface area contributed by atoms with Gasteiger partial charge < -0.3 is 15.2 Å². The maximum absolute atomic E-state index is 10.5. The smallest absolute Gasteiger partial charge is 0.150 e. The molecule has 0 fully saturated rings. The van der Waals surface area contributed by atoms with Gasteiger partial charge in [-0.25, -0.2) is 0 Å². The molecule has 0 saturated heterocycles. The standard InChI is InChI=1S/C10H11NO3/c12-5-7-1-2-10-9(3-7)11-4-8(6-13)14-10/h1-3,5,8,11,13H,4,6H2/t8-/m1/s1. The van der Waals surface area contributed by atoms with Gasteiger partial charge in [-0.3, -0.25) is 4.79 Å². The van der Waals surface area contributed by atoms with Gasteiger partial charge in [0.25, 0.3) is 0 Å². The Bertz CT molecular complexity index is 351. The van der Waals surface area contributed by atoms with Gasteiger partial charge >= 0.3 is 0 Å². The number of fused-ring (bicyclic) bond motifs is 1. The minimum absolute atomic E-state index is 0.0120. The van der Waals surface area contributed by atoms with Crippen LogP contribution in [0.25, 0.3) is 0 Å². The van der Waals surface area contributed by atoms with Gasteiger partial charge in [0.1, 0.15) is 18.1 Å². The van der Waals surface area contributed by atoms with Crippen LogP contribution in [0.2, 0.25) is 0 Å². The molecule has 1 aliphatic heterocycles. The predicted octanol–water partition coefficient (Wildman–Crippen LogP) is 0.664. The average Bonchev–Trinajstić information content (AvgIpc) is 2.27. The fraction of sp³-hybridized carbons (Fsp3) is 0.300. The molecule has 1 aromatic rings. The predicted molar refractivity (Wildman–Crippen MR) is 51.8 cm³/mol. The molecule has 74 valence electrons. The van der Waals surface area contributed by atoms with Crippen molar-refractivity contribution in [2.45, 2.75) is 6.10 Å². The van der Waals surface area contributed by atoms with Crippen molar-refractivity contribution in [3.8, 4) is 5.75 Å². The Morgan fingerprint density at radius 2 is 2.50 bits per heavy atom. The van der Waals surface area contributed by atoms with Gasteiger partial charge in [0.05, 0.1) is 18.8 Å². The van der Waals surface area contributed by atoms with Crippen molar-refractivity contribution < 1.29 is 14.6 Å². The summed E-state index contributed by atoms with van der Waals surface area (Å²) in [7, 11) is 0. The minimum Gasteiger partial charge on any atom is -0.484 e. The number of aldehydes is 1. The summed E-state index contributed by atoms with van der Waals surface area (Å²) in [5.74, 6) is 0.681. The molecule has 1 aromatic carbocycles. The summed E-state index contributed by atoms with van der Waals surface area (Å²) < 4.78 is 5.45. The highest BCUT2D eigenvalue weighted by molar-refractivity contribution is 5.79. The number of anilines is 1. The summed E-state index contributed by atoms with van der Waals surface area (Å²) in [6, 6.07) is 5.15. The molecule has 0 saturated carbocycles. The zero-order valence-electron chi connectivity index (χ0n) is 7.56. The number of rotatable bonds is 2. The summed E-state index contributed by atoms with van der Waals surface area (Å²) in [6.07, 6.45) is 0.588. The molecular formula is C10H11NO3. The second-order valence-electron chi connectivity index (χ2n) is 3.18. The molecule has 2 N–H and O–H groups in total. The van der Waals surface area contributed by atoms with Crippen molar-refractivity contribution in [3.63, 3.8) is 0 Å². The van der Waals surface area contributed by atoms with Crippen LogP contribution in [0.5, 0.6) is 5.75 Å². The second kappa shape index (κ2) is 3.67. The topological polar surface area (TPSA) is 58.6 Å². The second-order valence-corrected chi connectivity index (χ2v) is 3.18. The number of carbonyl (C=O) groups is 1. The Labute approximate surface area is 81.5 Å². The number of aliphatic hydroxyl groups excluding tert-OH is 1. The third-order valence-electron chi connectivity index (χ3n) is 2.16. The van der Waals surface area contributed by atoms with Gasteiger partial charge in [-0.1, -0.05) is 0 Å². The molecule has 14 heavy (non-hydrogen) atoms. The molecular weight excluding hydrogens is 182 g/mol. The highest BCUT2D eigenvalue weighted by Gasteiger charge is 2.18. The highest BCUT2D eigenvalue weighted by Crippen LogP contribution is 2.29. The van der Waals surface area contributed by atoms with Crippen molar-refractivity contribution in [2.24, 2.45) is 0 Å². The van der Waals surface area contributed by atoms with Crippen molar-refractivity contribution >= 4 is 12.0 Å². The van der Waals surface area contributed by atoms with E-state index in [1.54, 1.807) is 18.2 Å². The van der Waals surface area contributed by atoms with Crippen LogP contribution in [0, 0.1) is 0 Å². The van der Waals surface area contributed by atoms with E-state index in [0.717, 1.165) is 12.0 Å². The van der Waals surface area contributed by atoms with Crippen LogP contribution >= 0.6 is 0 Å². The molecule has 0 unspecified atom stereocenters. The van der Waals surface area contributed by atoms with Gasteiger partial charge in [0, 0.05) is 5.56 Å². The first-order valence-corrected chi connectivity index (χ1v) is 4.44. The van der Waals surface area contributed by atoms with E-state index in [2.05, 4.69) is 5.32 Å². The highest BCUT2D eigenvalue weighted by atomic mass is 16.5. The number of benzene rings is 1. The monoisotopic (exact) mass is 193 g/mol. The fourth-order valence-electron chi connectivity index (χ4n) is 1.41. The van der Waals surface area contributed by atoms with E-state index in [1.165, 1.54) is 0 Å². The normalized spacial score (nSPS) is 19.1. The number of aliphatic hydroxyl groups is 1. The molecule has 0 spiro atoms. The van der Waals surface area contributed by atoms with Gasteiger partial charge in [0.2, 0.25) is 0 Å². The van der Waals surface area contributed by atoms with Crippen LogP contribution < -0.4 is 10.1 Å². The molecule has 2 rings (SSSR count). The number of nitrogens with one attached hydrogen (secondary N) is 1. The van der Waals surface area contributed by atoms with E-state index < -0.39 is 0 Å². The van der Waals surface area contributed by atoms with Crippen LogP contribution in [0.1, 0.15) is 10.4 Å². The van der Waals surface area contributed by atoms with Crippen molar-refractivity contribution in [2.75, 3.05) is 18.5 Å². The van der Waals surface area contributed by atoms with Crippen molar-refractivity contribution in [3.05, 3.63) is 23.8 Å². The van der Waals surface area contributed by atoms with Crippen molar-refractivity contribution in [1.29, 1.82) is 0 Å². The molecule has 4 heteroatoms. The number of carbonyl (C=O) groups excluding carboxylic acids is 1. The van der Waals surface area contributed by atoms with Gasteiger partial charge in [-0.2, -0.15) is 0 Å². The molecule has 0 aromatic heterocycles. The first kappa shape index (κ1) is 9.02. The van der Waals surface area contributed by atoms with E-state index in [9.17, 15) is 4.79 Å². The van der Waals surface area contributed by atoms with Crippen LogP contribution in [0.3, 0.4) is 0 Å². The molecule has 1 heterocycles. The van der Waals surface area contributed by atoms with E-state index in [4.69, 9.17) is 9.84 Å². The largest absolute Gasteiger partial charge is 0.484 e. The molecule has 0 radical (unpaired) electrons. The Hall–Kier alpha value is -1.55. The zero-order valence-corrected chi connectivity index (χ0v) is 7.56. The Morgan fingerprint density at radius 1 is 1.64 bits per heavy atom. The summed E-state index contributed by atoms with van der Waals surface area (Å²) in [4.78, 5) is 10.5. The van der Waals surface area contributed by atoms with E-state index in [0.29, 0.717) is 17.9 Å². The number of hydrogen-bond acceptors (Lipinski definition) is 4. The average molecular weight is 193 g/mol. The molecule has 1 aliphatic rings. The zero-order chi connectivity index (χ0) is 9.97. The Morgan fingerprint density at radius 3 is 3.21 bits per heavy atom. The van der Waals surface area contributed by atoms with Gasteiger partial charge in [0.15, 0.2) is 0 Å². The lowest BCUT2D eigenvalue weighted by Crippen LogP contribution is -2.33. The van der Waals surface area contributed by atoms with Gasteiger partial charge in [-0.15, -0.1) is 0 Å². The quantitative estimate of drug-likeness (QED) is 0.677. The first-order chi connectivity index (χ1) is 6.83. The number of hydrogen-bond donors (Lipinski definition) is 2. The van der Waals surface area contributed by atoms with E-state index in [1.807, 2.05) is 0 Å². The Kier molecular flexibility index (Phi) is 2.37. The third-order valence-corrected chi connectivity index (χ3v) is 2.16. The lowest BCUT2D eigenvalue weighted by atomic mass is 10.1. The molecule has 0 bridgehead atoms. The fourth-order valence-corrected chi connectivity index (χ4v) is 1.41. The number of ether oxygens (including phenoxy) is 1. The lowest BCUT2D eigenvalue weighted by molar-refractivity contribution is 0.112. The van der Waals surface area contributed by atoms with Crippen LogP contribution in [0.15, 0.2) is 18.2 Å².